The first kappa shape index (κ1) is 17.9. The van der Waals surface area contributed by atoms with Gasteiger partial charge in [0.15, 0.2) is 4.30 Å². The van der Waals surface area contributed by atoms with Crippen LogP contribution in [0, 0.1) is 0 Å². The zero-order chi connectivity index (χ0) is 13.0. The lowest BCUT2D eigenvalue weighted by Gasteiger charge is -2.01. The highest BCUT2D eigenvalue weighted by Gasteiger charge is 1.93. The number of carbonyl (C=O) groups excluding carboxylic acids is 1. The summed E-state index contributed by atoms with van der Waals surface area (Å²) in [6.07, 6.45) is 0.250. The number of halogens is 3. The van der Waals surface area contributed by atoms with Gasteiger partial charge in [-0.2, -0.15) is 0 Å². The summed E-state index contributed by atoms with van der Waals surface area (Å²) < 4.78 is -0.750. The molecule has 0 atom stereocenters. The lowest BCUT2D eigenvalue weighted by molar-refractivity contribution is -0.106. The molecule has 2 N–H and O–H groups in total. The van der Waals surface area contributed by atoms with E-state index < -0.39 is 4.30 Å². The summed E-state index contributed by atoms with van der Waals surface area (Å²) in [5.41, 5.74) is 5.58. The van der Waals surface area contributed by atoms with Crippen LogP contribution in [-0.2, 0) is 4.79 Å². The number of hydrogen-bond acceptors (Lipinski definition) is 1. The van der Waals surface area contributed by atoms with Crippen LogP contribution >= 0.6 is 34.8 Å². The SMILES string of the molecule is CC(C)c1ccccc1.ClC(Cl)Cl.NC=O. The van der Waals surface area contributed by atoms with Gasteiger partial charge in [0.05, 0.1) is 0 Å². The molecule has 92 valence electrons. The van der Waals surface area contributed by atoms with Gasteiger partial charge in [-0.1, -0.05) is 79.0 Å². The predicted octanol–water partition coefficient (Wildman–Crippen LogP) is 3.90. The van der Waals surface area contributed by atoms with Crippen LogP contribution in [0.5, 0.6) is 0 Å². The molecule has 1 aromatic rings. The van der Waals surface area contributed by atoms with Gasteiger partial charge in [-0.15, -0.1) is 0 Å². The summed E-state index contributed by atoms with van der Waals surface area (Å²) in [6.45, 7) is 4.41. The fraction of sp³-hybridized carbons (Fsp3) is 0.364. The number of carbonyl (C=O) groups is 1. The Morgan fingerprint density at radius 2 is 1.44 bits per heavy atom. The van der Waals surface area contributed by atoms with Crippen molar-refractivity contribution < 1.29 is 4.79 Å². The molecule has 0 spiro atoms. The molecular weight excluding hydrogens is 268 g/mol. The third-order valence-electron chi connectivity index (χ3n) is 1.47. The second-order valence-corrected chi connectivity index (χ2v) is 4.93. The first-order valence-corrected chi connectivity index (χ1v) is 5.89. The van der Waals surface area contributed by atoms with Gasteiger partial charge < -0.3 is 5.73 Å². The summed E-state index contributed by atoms with van der Waals surface area (Å²) in [6, 6.07) is 10.5. The molecule has 0 aromatic heterocycles. The van der Waals surface area contributed by atoms with E-state index in [-0.39, 0.29) is 6.41 Å². The number of alkyl halides is 3. The highest BCUT2D eigenvalue weighted by atomic mass is 35.6. The van der Waals surface area contributed by atoms with E-state index in [9.17, 15) is 0 Å². The highest BCUT2D eigenvalue weighted by molar-refractivity contribution is 6.63. The third kappa shape index (κ3) is 16.0. The topological polar surface area (TPSA) is 43.1 Å². The maximum absolute atomic E-state index is 8.58. The van der Waals surface area contributed by atoms with Crippen LogP contribution in [-0.4, -0.2) is 10.7 Å². The second-order valence-electron chi connectivity index (χ2n) is 2.95. The van der Waals surface area contributed by atoms with Crippen LogP contribution in [0.15, 0.2) is 30.3 Å². The van der Waals surface area contributed by atoms with Crippen molar-refractivity contribution in [3.8, 4) is 0 Å². The van der Waals surface area contributed by atoms with Gasteiger partial charge in [-0.3, -0.25) is 4.79 Å². The molecule has 0 unspecified atom stereocenters. The summed E-state index contributed by atoms with van der Waals surface area (Å²) in [5, 5.41) is 0. The molecule has 0 heterocycles. The summed E-state index contributed by atoms with van der Waals surface area (Å²) in [7, 11) is 0. The number of rotatable bonds is 1. The van der Waals surface area contributed by atoms with E-state index in [2.05, 4.69) is 43.8 Å². The first-order valence-electron chi connectivity index (χ1n) is 4.58. The van der Waals surface area contributed by atoms with E-state index >= 15 is 0 Å². The Kier molecular flexibility index (Phi) is 14.2. The van der Waals surface area contributed by atoms with Gasteiger partial charge in [0, 0.05) is 0 Å². The molecule has 16 heavy (non-hydrogen) atoms. The van der Waals surface area contributed by atoms with Crippen LogP contribution in [0.1, 0.15) is 25.3 Å². The van der Waals surface area contributed by atoms with E-state index in [1.807, 2.05) is 6.07 Å². The van der Waals surface area contributed by atoms with E-state index in [0.29, 0.717) is 5.92 Å². The van der Waals surface area contributed by atoms with Gasteiger partial charge in [0.2, 0.25) is 6.41 Å². The van der Waals surface area contributed by atoms with Crippen molar-refractivity contribution in [3.63, 3.8) is 0 Å². The Labute approximate surface area is 112 Å². The average molecular weight is 285 g/mol. The lowest BCUT2D eigenvalue weighted by atomic mass is 10.0. The van der Waals surface area contributed by atoms with Crippen LogP contribution in [0.3, 0.4) is 0 Å². The smallest absolute Gasteiger partial charge is 0.204 e. The van der Waals surface area contributed by atoms with Crippen molar-refractivity contribution in [1.29, 1.82) is 0 Å². The largest absolute Gasteiger partial charge is 0.372 e. The fourth-order valence-corrected chi connectivity index (χ4v) is 0.838. The van der Waals surface area contributed by atoms with Crippen LogP contribution < -0.4 is 5.73 Å². The molecule has 0 fully saturated rings. The number of primary amides is 1. The van der Waals surface area contributed by atoms with E-state index in [1.165, 1.54) is 5.56 Å². The van der Waals surface area contributed by atoms with Crippen LogP contribution in [0.2, 0.25) is 0 Å². The summed E-state index contributed by atoms with van der Waals surface area (Å²) >= 11 is 14.4. The molecule has 1 amide bonds. The molecule has 0 saturated carbocycles. The highest BCUT2D eigenvalue weighted by Crippen LogP contribution is 2.11. The molecule has 1 rings (SSSR count). The Balaban J connectivity index is 0. The zero-order valence-corrected chi connectivity index (χ0v) is 11.5. The van der Waals surface area contributed by atoms with E-state index in [1.54, 1.807) is 0 Å². The van der Waals surface area contributed by atoms with Crippen LogP contribution in [0.4, 0.5) is 0 Å². The first-order chi connectivity index (χ1) is 7.45. The summed E-state index contributed by atoms with van der Waals surface area (Å²) in [4.78, 5) is 8.58. The maximum Gasteiger partial charge on any atom is 0.204 e. The van der Waals surface area contributed by atoms with Crippen molar-refractivity contribution >= 4 is 41.2 Å². The Hall–Kier alpha value is -0.440. The minimum atomic E-state index is -0.750. The molecule has 0 saturated heterocycles. The molecule has 2 nitrogen and oxygen atoms in total. The van der Waals surface area contributed by atoms with Gasteiger partial charge in [0.1, 0.15) is 0 Å². The van der Waals surface area contributed by atoms with Crippen molar-refractivity contribution in [2.24, 2.45) is 5.73 Å². The van der Waals surface area contributed by atoms with Crippen molar-refractivity contribution in [2.45, 2.75) is 24.1 Å². The molecular formula is C11H16Cl3NO. The van der Waals surface area contributed by atoms with Gasteiger partial charge in [-0.05, 0) is 11.5 Å². The monoisotopic (exact) mass is 283 g/mol. The fourth-order valence-electron chi connectivity index (χ4n) is 0.838. The normalized spacial score (nSPS) is 8.69. The zero-order valence-electron chi connectivity index (χ0n) is 9.24. The molecule has 5 heteroatoms. The predicted molar refractivity (Wildman–Crippen MR) is 72.1 cm³/mol. The molecule has 0 radical (unpaired) electrons. The van der Waals surface area contributed by atoms with E-state index in [4.69, 9.17) is 39.6 Å². The number of hydrogen-bond donors (Lipinski definition) is 1. The van der Waals surface area contributed by atoms with Crippen molar-refractivity contribution in [3.05, 3.63) is 35.9 Å². The molecule has 0 bridgehead atoms. The average Bonchev–Trinajstić information content (AvgIpc) is 2.19. The van der Waals surface area contributed by atoms with Gasteiger partial charge in [0.25, 0.3) is 0 Å². The standard InChI is InChI=1S/C9H12.CHCl3.CH3NO/c1-8(2)9-6-4-3-5-7-9;2-1(3)4;2-1-3/h3-8H,1-2H3;1H;1H,(H2,2,3). The quantitative estimate of drug-likeness (QED) is 0.617. The molecule has 1 aromatic carbocycles. The maximum atomic E-state index is 8.58. The third-order valence-corrected chi connectivity index (χ3v) is 1.47. The molecule has 0 aliphatic heterocycles. The lowest BCUT2D eigenvalue weighted by Crippen LogP contribution is -1.83. The van der Waals surface area contributed by atoms with Gasteiger partial charge >= 0.3 is 0 Å². The Morgan fingerprint density at radius 3 is 1.62 bits per heavy atom. The van der Waals surface area contributed by atoms with Crippen molar-refractivity contribution in [1.82, 2.24) is 0 Å². The number of amides is 1. The van der Waals surface area contributed by atoms with Crippen molar-refractivity contribution in [2.75, 3.05) is 0 Å². The Morgan fingerprint density at radius 1 is 1.12 bits per heavy atom. The number of nitrogens with two attached hydrogens (primary N) is 1. The minimum Gasteiger partial charge on any atom is -0.372 e. The summed E-state index contributed by atoms with van der Waals surface area (Å²) in [5.74, 6) is 0.659. The molecule has 0 aliphatic carbocycles. The molecule has 0 aliphatic rings. The minimum absolute atomic E-state index is 0.250. The van der Waals surface area contributed by atoms with Gasteiger partial charge in [-0.25, -0.2) is 0 Å². The second kappa shape index (κ2) is 12.6. The Bertz CT molecular complexity index is 250. The van der Waals surface area contributed by atoms with Crippen LogP contribution in [0.25, 0.3) is 0 Å². The number of benzene rings is 1. The van der Waals surface area contributed by atoms with E-state index in [0.717, 1.165) is 0 Å².